The highest BCUT2D eigenvalue weighted by atomic mass is 16.6. The molecule has 0 bridgehead atoms. The summed E-state index contributed by atoms with van der Waals surface area (Å²) in [6, 6.07) is 7.75. The van der Waals surface area contributed by atoms with Crippen LogP contribution in [0.4, 0.5) is 5.95 Å². The van der Waals surface area contributed by atoms with Crippen molar-refractivity contribution in [2.45, 2.75) is 25.5 Å². The number of rotatable bonds is 4. The van der Waals surface area contributed by atoms with Crippen molar-refractivity contribution in [2.75, 3.05) is 24.6 Å². The zero-order chi connectivity index (χ0) is 18.1. The summed E-state index contributed by atoms with van der Waals surface area (Å²) < 4.78 is 14.0. The Morgan fingerprint density at radius 2 is 1.78 bits per heavy atom. The maximum absolute atomic E-state index is 6.07. The molecule has 0 amide bonds. The number of benzene rings is 1. The molecular weight excluding hydrogens is 342 g/mol. The van der Waals surface area contributed by atoms with Crippen LogP contribution in [0.5, 0.6) is 11.5 Å². The summed E-state index contributed by atoms with van der Waals surface area (Å²) in [6.45, 7) is 3.24. The Kier molecular flexibility index (Phi) is 4.12. The fraction of sp³-hybridized carbons (Fsp3) is 0.350. The summed E-state index contributed by atoms with van der Waals surface area (Å²) >= 11 is 0. The van der Waals surface area contributed by atoms with Gasteiger partial charge in [0.15, 0.2) is 17.6 Å². The average molecular weight is 363 g/mol. The highest BCUT2D eigenvalue weighted by Crippen LogP contribution is 2.31. The fourth-order valence-corrected chi connectivity index (χ4v) is 3.61. The van der Waals surface area contributed by atoms with Gasteiger partial charge < -0.3 is 18.9 Å². The standard InChI is InChI=1S/C20H21N5O2/c1-2-6-18-17(5-1)26-14-16(27-18)13-25-10-7-21-19(25)15-11-22-20(23-12-15)24-8-3-4-9-24/h1-2,5-7,10-12,16H,3-4,8-9,13-14H2. The monoisotopic (exact) mass is 363 g/mol. The van der Waals surface area contributed by atoms with Crippen molar-refractivity contribution in [3.8, 4) is 22.9 Å². The summed E-state index contributed by atoms with van der Waals surface area (Å²) in [7, 11) is 0. The number of fused-ring (bicyclic) bond motifs is 1. The first-order valence-electron chi connectivity index (χ1n) is 9.34. The van der Waals surface area contributed by atoms with Gasteiger partial charge in [-0.15, -0.1) is 0 Å². The molecule has 1 unspecified atom stereocenters. The maximum atomic E-state index is 6.07. The van der Waals surface area contributed by atoms with Gasteiger partial charge in [-0.3, -0.25) is 0 Å². The molecule has 7 heteroatoms. The predicted molar refractivity (Wildman–Crippen MR) is 101 cm³/mol. The molecule has 27 heavy (non-hydrogen) atoms. The molecule has 2 aromatic heterocycles. The molecule has 1 atom stereocenters. The molecule has 1 aromatic carbocycles. The van der Waals surface area contributed by atoms with Crippen molar-refractivity contribution in [2.24, 2.45) is 0 Å². The first kappa shape index (κ1) is 16.1. The SMILES string of the molecule is c1ccc2c(c1)OCC(Cn1ccnc1-c1cnc(N3CCCC3)nc1)O2. The topological polar surface area (TPSA) is 65.3 Å². The lowest BCUT2D eigenvalue weighted by Crippen LogP contribution is -2.33. The van der Waals surface area contributed by atoms with Crippen LogP contribution in [0.25, 0.3) is 11.4 Å². The normalized spacial score (nSPS) is 18.7. The number of para-hydroxylation sites is 2. The van der Waals surface area contributed by atoms with E-state index in [4.69, 9.17) is 9.47 Å². The van der Waals surface area contributed by atoms with E-state index in [1.807, 2.05) is 42.9 Å². The van der Waals surface area contributed by atoms with Crippen LogP contribution in [-0.2, 0) is 6.54 Å². The largest absolute Gasteiger partial charge is 0.486 e. The quantitative estimate of drug-likeness (QED) is 0.710. The summed E-state index contributed by atoms with van der Waals surface area (Å²) in [5, 5.41) is 0. The second-order valence-corrected chi connectivity index (χ2v) is 6.87. The number of anilines is 1. The van der Waals surface area contributed by atoms with Crippen molar-refractivity contribution in [3.05, 3.63) is 49.1 Å². The maximum Gasteiger partial charge on any atom is 0.225 e. The van der Waals surface area contributed by atoms with Crippen molar-refractivity contribution in [3.63, 3.8) is 0 Å². The van der Waals surface area contributed by atoms with Crippen molar-refractivity contribution < 1.29 is 9.47 Å². The summed E-state index contributed by atoms with van der Waals surface area (Å²) in [5.41, 5.74) is 0.903. The summed E-state index contributed by atoms with van der Waals surface area (Å²) in [6.07, 6.45) is 9.80. The Morgan fingerprint density at radius 3 is 2.59 bits per heavy atom. The highest BCUT2D eigenvalue weighted by Gasteiger charge is 2.22. The number of aromatic nitrogens is 4. The minimum Gasteiger partial charge on any atom is -0.486 e. The van der Waals surface area contributed by atoms with Crippen molar-refractivity contribution in [1.82, 2.24) is 19.5 Å². The Balaban J connectivity index is 1.32. The van der Waals surface area contributed by atoms with E-state index in [1.165, 1.54) is 12.8 Å². The Morgan fingerprint density at radius 1 is 1.00 bits per heavy atom. The van der Waals surface area contributed by atoms with Crippen LogP contribution in [-0.4, -0.2) is 45.3 Å². The second-order valence-electron chi connectivity index (χ2n) is 6.87. The lowest BCUT2D eigenvalue weighted by molar-refractivity contribution is 0.0788. The van der Waals surface area contributed by atoms with Crippen molar-refractivity contribution >= 4 is 5.95 Å². The van der Waals surface area contributed by atoms with Crippen LogP contribution in [0.3, 0.4) is 0 Å². The van der Waals surface area contributed by atoms with Crippen LogP contribution < -0.4 is 14.4 Å². The lowest BCUT2D eigenvalue weighted by Gasteiger charge is -2.27. The number of hydrogen-bond donors (Lipinski definition) is 0. The molecule has 138 valence electrons. The fourth-order valence-electron chi connectivity index (χ4n) is 3.61. The number of imidazole rings is 1. The van der Waals surface area contributed by atoms with Crippen LogP contribution in [0.15, 0.2) is 49.1 Å². The zero-order valence-corrected chi connectivity index (χ0v) is 15.0. The van der Waals surface area contributed by atoms with Crippen LogP contribution in [0.1, 0.15) is 12.8 Å². The lowest BCUT2D eigenvalue weighted by atomic mass is 10.2. The average Bonchev–Trinajstić information content (AvgIpc) is 3.40. The molecule has 7 nitrogen and oxygen atoms in total. The van der Waals surface area contributed by atoms with E-state index in [-0.39, 0.29) is 6.10 Å². The molecule has 0 spiro atoms. The first-order valence-corrected chi connectivity index (χ1v) is 9.34. The predicted octanol–water partition coefficient (Wildman–Crippen LogP) is 2.78. The summed E-state index contributed by atoms with van der Waals surface area (Å²) in [5.74, 6) is 3.22. The van der Waals surface area contributed by atoms with Crippen LogP contribution in [0.2, 0.25) is 0 Å². The van der Waals surface area contributed by atoms with E-state index >= 15 is 0 Å². The third kappa shape index (κ3) is 3.20. The molecule has 0 N–H and O–H groups in total. The molecule has 0 aliphatic carbocycles. The third-order valence-corrected chi connectivity index (χ3v) is 4.97. The van der Waals surface area contributed by atoms with Gasteiger partial charge in [-0.25, -0.2) is 15.0 Å². The molecule has 0 radical (unpaired) electrons. The minimum absolute atomic E-state index is 0.0716. The van der Waals surface area contributed by atoms with Gasteiger partial charge in [0.25, 0.3) is 0 Å². The Bertz CT molecular complexity index is 918. The number of hydrogen-bond acceptors (Lipinski definition) is 6. The van der Waals surface area contributed by atoms with Gasteiger partial charge in [-0.2, -0.15) is 0 Å². The zero-order valence-electron chi connectivity index (χ0n) is 15.0. The highest BCUT2D eigenvalue weighted by molar-refractivity contribution is 5.54. The molecule has 0 saturated carbocycles. The van der Waals surface area contributed by atoms with Gasteiger partial charge in [-0.05, 0) is 25.0 Å². The molecule has 1 fully saturated rings. The Hall–Kier alpha value is -3.09. The van der Waals surface area contributed by atoms with Crippen LogP contribution in [0, 0.1) is 0 Å². The van der Waals surface area contributed by atoms with E-state index < -0.39 is 0 Å². The van der Waals surface area contributed by atoms with E-state index in [1.54, 1.807) is 6.20 Å². The molecule has 3 aromatic rings. The molecule has 2 aliphatic rings. The van der Waals surface area contributed by atoms with Gasteiger partial charge in [0.05, 0.1) is 12.1 Å². The van der Waals surface area contributed by atoms with Gasteiger partial charge in [0, 0.05) is 37.9 Å². The van der Waals surface area contributed by atoms with Gasteiger partial charge >= 0.3 is 0 Å². The molecule has 4 heterocycles. The van der Waals surface area contributed by atoms with Gasteiger partial charge in [0.1, 0.15) is 12.4 Å². The second kappa shape index (κ2) is 6.90. The van der Waals surface area contributed by atoms with E-state index in [2.05, 4.69) is 24.4 Å². The third-order valence-electron chi connectivity index (χ3n) is 4.97. The van der Waals surface area contributed by atoms with Crippen LogP contribution >= 0.6 is 0 Å². The minimum atomic E-state index is -0.0716. The number of nitrogens with zero attached hydrogens (tertiary/aromatic N) is 5. The first-order chi connectivity index (χ1) is 13.4. The Labute approximate surface area is 157 Å². The van der Waals surface area contributed by atoms with Gasteiger partial charge in [-0.1, -0.05) is 12.1 Å². The molecular formula is C20H21N5O2. The summed E-state index contributed by atoms with van der Waals surface area (Å²) in [4.78, 5) is 15.8. The van der Waals surface area contributed by atoms with E-state index in [0.717, 1.165) is 41.9 Å². The molecule has 5 rings (SSSR count). The van der Waals surface area contributed by atoms with E-state index in [0.29, 0.717) is 13.2 Å². The van der Waals surface area contributed by atoms with E-state index in [9.17, 15) is 0 Å². The molecule has 1 saturated heterocycles. The van der Waals surface area contributed by atoms with Gasteiger partial charge in [0.2, 0.25) is 5.95 Å². The number of ether oxygens (including phenoxy) is 2. The molecule has 2 aliphatic heterocycles. The van der Waals surface area contributed by atoms with Crippen molar-refractivity contribution in [1.29, 1.82) is 0 Å². The smallest absolute Gasteiger partial charge is 0.225 e.